The van der Waals surface area contributed by atoms with Gasteiger partial charge in [0.1, 0.15) is 0 Å². The van der Waals surface area contributed by atoms with Crippen LogP contribution >= 0.6 is 0 Å². The van der Waals surface area contributed by atoms with Crippen LogP contribution in [0.15, 0.2) is 102 Å². The zero-order chi connectivity index (χ0) is 23.5. The van der Waals surface area contributed by atoms with Gasteiger partial charge in [-0.2, -0.15) is 5.10 Å². The van der Waals surface area contributed by atoms with Crippen molar-refractivity contribution in [1.82, 2.24) is 9.99 Å². The van der Waals surface area contributed by atoms with Crippen LogP contribution in [-0.2, 0) is 6.54 Å². The highest BCUT2D eigenvalue weighted by atomic mass is 16.6. The van der Waals surface area contributed by atoms with Crippen LogP contribution < -0.4 is 5.43 Å². The molecule has 4 aromatic carbocycles. The SMILES string of the molecule is O=C(N/N=C\c1cn(Cc2cccc3ccccc23)c2ccccc12)c1ccc([N+](=O)[O-])cc1. The molecular weight excluding hydrogens is 428 g/mol. The first-order valence-electron chi connectivity index (χ1n) is 10.7. The minimum absolute atomic E-state index is 0.0703. The number of nitro benzene ring substituents is 1. The molecule has 0 saturated heterocycles. The van der Waals surface area contributed by atoms with E-state index in [9.17, 15) is 14.9 Å². The Balaban J connectivity index is 1.39. The fourth-order valence-electron chi connectivity index (χ4n) is 4.08. The Hall–Kier alpha value is -4.78. The molecule has 0 bridgehead atoms. The number of para-hydroxylation sites is 1. The third-order valence-electron chi connectivity index (χ3n) is 5.75. The molecule has 0 aliphatic heterocycles. The van der Waals surface area contributed by atoms with E-state index in [4.69, 9.17) is 0 Å². The molecule has 0 spiro atoms. The predicted molar refractivity (Wildman–Crippen MR) is 133 cm³/mol. The molecule has 0 radical (unpaired) electrons. The minimum Gasteiger partial charge on any atom is -0.342 e. The van der Waals surface area contributed by atoms with Gasteiger partial charge in [0, 0.05) is 46.9 Å². The molecule has 1 N–H and O–H groups in total. The van der Waals surface area contributed by atoms with Gasteiger partial charge in [0.25, 0.3) is 11.6 Å². The number of benzene rings is 4. The number of carbonyl (C=O) groups is 1. The average molecular weight is 448 g/mol. The van der Waals surface area contributed by atoms with Crippen LogP contribution in [0.5, 0.6) is 0 Å². The lowest BCUT2D eigenvalue weighted by atomic mass is 10.0. The van der Waals surface area contributed by atoms with Gasteiger partial charge in [0.05, 0.1) is 11.1 Å². The van der Waals surface area contributed by atoms with Crippen molar-refractivity contribution in [2.45, 2.75) is 6.54 Å². The molecule has 1 amide bonds. The van der Waals surface area contributed by atoms with Gasteiger partial charge in [-0.1, -0.05) is 60.7 Å². The molecule has 0 aliphatic carbocycles. The van der Waals surface area contributed by atoms with Crippen LogP contribution in [-0.4, -0.2) is 21.6 Å². The number of hydrazone groups is 1. The predicted octanol–water partition coefficient (Wildman–Crippen LogP) is 5.51. The fraction of sp³-hybridized carbons (Fsp3) is 0.0370. The molecule has 5 rings (SSSR count). The Labute approximate surface area is 195 Å². The number of non-ortho nitro benzene ring substituents is 1. The first-order valence-corrected chi connectivity index (χ1v) is 10.7. The lowest BCUT2D eigenvalue weighted by molar-refractivity contribution is -0.384. The van der Waals surface area contributed by atoms with E-state index < -0.39 is 10.8 Å². The number of nitrogens with one attached hydrogen (secondary N) is 1. The number of carbonyl (C=O) groups excluding carboxylic acids is 1. The van der Waals surface area contributed by atoms with E-state index in [0.29, 0.717) is 12.1 Å². The third kappa shape index (κ3) is 4.14. The summed E-state index contributed by atoms with van der Waals surface area (Å²) in [5, 5.41) is 18.3. The average Bonchev–Trinajstić information content (AvgIpc) is 3.21. The Morgan fingerprint density at radius 3 is 2.41 bits per heavy atom. The van der Waals surface area contributed by atoms with E-state index in [-0.39, 0.29) is 5.69 Å². The highest BCUT2D eigenvalue weighted by molar-refractivity contribution is 6.00. The maximum Gasteiger partial charge on any atom is 0.271 e. The van der Waals surface area contributed by atoms with Crippen LogP contribution in [0.3, 0.4) is 0 Å². The lowest BCUT2D eigenvalue weighted by Crippen LogP contribution is -2.17. The Morgan fingerprint density at radius 1 is 0.912 bits per heavy atom. The number of nitro groups is 1. The van der Waals surface area contributed by atoms with Crippen LogP contribution in [0.1, 0.15) is 21.5 Å². The number of aromatic nitrogens is 1. The number of amides is 1. The van der Waals surface area contributed by atoms with E-state index >= 15 is 0 Å². The molecular formula is C27H20N4O3. The summed E-state index contributed by atoms with van der Waals surface area (Å²) in [5.41, 5.74) is 5.88. The molecule has 0 aliphatic rings. The van der Waals surface area contributed by atoms with Crippen LogP contribution in [0.25, 0.3) is 21.7 Å². The molecule has 5 aromatic rings. The Morgan fingerprint density at radius 2 is 1.62 bits per heavy atom. The minimum atomic E-state index is -0.506. The van der Waals surface area contributed by atoms with Gasteiger partial charge >= 0.3 is 0 Å². The van der Waals surface area contributed by atoms with Crippen molar-refractivity contribution in [2.75, 3.05) is 0 Å². The number of rotatable bonds is 6. The molecule has 0 unspecified atom stereocenters. The molecule has 34 heavy (non-hydrogen) atoms. The summed E-state index contributed by atoms with van der Waals surface area (Å²) >= 11 is 0. The van der Waals surface area contributed by atoms with Gasteiger partial charge in [0.2, 0.25) is 0 Å². The van der Waals surface area contributed by atoms with Gasteiger partial charge in [-0.05, 0) is 34.5 Å². The van der Waals surface area contributed by atoms with Crippen LogP contribution in [0.2, 0.25) is 0 Å². The maximum absolute atomic E-state index is 12.4. The third-order valence-corrected chi connectivity index (χ3v) is 5.75. The summed E-state index contributed by atoms with van der Waals surface area (Å²) < 4.78 is 2.18. The normalized spacial score (nSPS) is 11.3. The second kappa shape index (κ2) is 8.99. The Kier molecular flexibility index (Phi) is 5.58. The zero-order valence-corrected chi connectivity index (χ0v) is 18.1. The monoisotopic (exact) mass is 448 g/mol. The van der Waals surface area contributed by atoms with E-state index in [1.54, 1.807) is 6.21 Å². The molecule has 7 heteroatoms. The second-order valence-corrected chi connectivity index (χ2v) is 7.87. The number of fused-ring (bicyclic) bond motifs is 2. The van der Waals surface area contributed by atoms with Crippen molar-refractivity contribution >= 4 is 39.5 Å². The first-order chi connectivity index (χ1) is 16.6. The van der Waals surface area contributed by atoms with Gasteiger partial charge in [0.15, 0.2) is 0 Å². The highest BCUT2D eigenvalue weighted by Crippen LogP contribution is 2.24. The number of hydrogen-bond donors (Lipinski definition) is 1. The standard InChI is InChI=1S/C27H20N4O3/c32-27(20-12-14-23(15-13-20)31(33)34)29-28-16-22-18-30(26-11-4-3-10-25(22)26)17-21-8-5-7-19-6-1-2-9-24(19)21/h1-16,18H,17H2,(H,29,32)/b28-16-. The molecule has 166 valence electrons. The van der Waals surface area contributed by atoms with Gasteiger partial charge in [-0.25, -0.2) is 5.43 Å². The topological polar surface area (TPSA) is 89.5 Å². The van der Waals surface area contributed by atoms with Gasteiger partial charge in [-0.3, -0.25) is 14.9 Å². The van der Waals surface area contributed by atoms with Crippen molar-refractivity contribution in [3.63, 3.8) is 0 Å². The summed E-state index contributed by atoms with van der Waals surface area (Å²) in [6.07, 6.45) is 3.64. The van der Waals surface area contributed by atoms with Crippen molar-refractivity contribution < 1.29 is 9.72 Å². The molecule has 0 saturated carbocycles. The van der Waals surface area contributed by atoms with Gasteiger partial charge in [-0.15, -0.1) is 0 Å². The van der Waals surface area contributed by atoms with Crippen molar-refractivity contribution in [3.8, 4) is 0 Å². The van der Waals surface area contributed by atoms with E-state index in [2.05, 4.69) is 51.5 Å². The smallest absolute Gasteiger partial charge is 0.271 e. The summed E-state index contributed by atoms with van der Waals surface area (Å²) in [4.78, 5) is 22.6. The maximum atomic E-state index is 12.4. The largest absolute Gasteiger partial charge is 0.342 e. The lowest BCUT2D eigenvalue weighted by Gasteiger charge is -2.09. The summed E-state index contributed by atoms with van der Waals surface area (Å²) in [6, 6.07) is 28.1. The first kappa shape index (κ1) is 21.1. The molecule has 7 nitrogen and oxygen atoms in total. The summed E-state index contributed by atoms with van der Waals surface area (Å²) in [5.74, 6) is -0.439. The second-order valence-electron chi connectivity index (χ2n) is 7.87. The molecule has 0 fully saturated rings. The highest BCUT2D eigenvalue weighted by Gasteiger charge is 2.10. The van der Waals surface area contributed by atoms with E-state index in [1.165, 1.54) is 40.6 Å². The number of hydrogen-bond acceptors (Lipinski definition) is 4. The Bertz CT molecular complexity index is 1550. The van der Waals surface area contributed by atoms with E-state index in [1.807, 2.05) is 36.5 Å². The quantitative estimate of drug-likeness (QED) is 0.211. The summed E-state index contributed by atoms with van der Waals surface area (Å²) in [6.45, 7) is 0.699. The summed E-state index contributed by atoms with van der Waals surface area (Å²) in [7, 11) is 0. The molecule has 1 heterocycles. The van der Waals surface area contributed by atoms with E-state index in [0.717, 1.165) is 16.5 Å². The van der Waals surface area contributed by atoms with Crippen LogP contribution in [0, 0.1) is 10.1 Å². The van der Waals surface area contributed by atoms with Gasteiger partial charge < -0.3 is 4.57 Å². The molecule has 1 aromatic heterocycles. The van der Waals surface area contributed by atoms with Crippen molar-refractivity contribution in [1.29, 1.82) is 0 Å². The number of nitrogens with zero attached hydrogens (tertiary/aromatic N) is 3. The van der Waals surface area contributed by atoms with Crippen molar-refractivity contribution in [3.05, 3.63) is 124 Å². The zero-order valence-electron chi connectivity index (χ0n) is 18.1. The van der Waals surface area contributed by atoms with Crippen LogP contribution in [0.4, 0.5) is 5.69 Å². The molecule has 0 atom stereocenters. The van der Waals surface area contributed by atoms with Crippen molar-refractivity contribution in [2.24, 2.45) is 5.10 Å². The fourth-order valence-corrected chi connectivity index (χ4v) is 4.08.